The fourth-order valence-corrected chi connectivity index (χ4v) is 3.23. The highest BCUT2D eigenvalue weighted by Crippen LogP contribution is 2.33. The lowest BCUT2D eigenvalue weighted by Gasteiger charge is -2.25. The SMILES string of the molecule is O=C1CC(C(=O)Nc2cccc(Cn3cccn3)c2)c2ccc(F)cc2N1. The lowest BCUT2D eigenvalue weighted by atomic mass is 9.89. The maximum absolute atomic E-state index is 13.4. The Morgan fingerprint density at radius 3 is 2.96 bits per heavy atom. The molecule has 0 radical (unpaired) electrons. The molecule has 0 fully saturated rings. The van der Waals surface area contributed by atoms with Crippen LogP contribution in [0.3, 0.4) is 0 Å². The fourth-order valence-electron chi connectivity index (χ4n) is 3.23. The summed E-state index contributed by atoms with van der Waals surface area (Å²) in [6.45, 7) is 0.588. The molecule has 1 atom stereocenters. The van der Waals surface area contributed by atoms with E-state index in [0.717, 1.165) is 5.56 Å². The zero-order valence-electron chi connectivity index (χ0n) is 14.4. The van der Waals surface area contributed by atoms with Gasteiger partial charge in [-0.1, -0.05) is 18.2 Å². The van der Waals surface area contributed by atoms with E-state index < -0.39 is 11.7 Å². The number of hydrogen-bond donors (Lipinski definition) is 2. The molecule has 7 heteroatoms. The molecule has 1 aliphatic heterocycles. The van der Waals surface area contributed by atoms with Crippen molar-refractivity contribution >= 4 is 23.2 Å². The summed E-state index contributed by atoms with van der Waals surface area (Å²) in [7, 11) is 0. The van der Waals surface area contributed by atoms with Gasteiger partial charge in [0.1, 0.15) is 5.82 Å². The van der Waals surface area contributed by atoms with E-state index in [1.54, 1.807) is 23.0 Å². The van der Waals surface area contributed by atoms with E-state index >= 15 is 0 Å². The number of carbonyl (C=O) groups excluding carboxylic acids is 2. The highest BCUT2D eigenvalue weighted by atomic mass is 19.1. The number of nitrogens with zero attached hydrogens (tertiary/aromatic N) is 2. The lowest BCUT2D eigenvalue weighted by Crippen LogP contribution is -2.30. The number of rotatable bonds is 4. The van der Waals surface area contributed by atoms with Gasteiger partial charge in [0.2, 0.25) is 11.8 Å². The maximum Gasteiger partial charge on any atom is 0.232 e. The first-order valence-corrected chi connectivity index (χ1v) is 8.55. The van der Waals surface area contributed by atoms with Crippen LogP contribution in [0.1, 0.15) is 23.5 Å². The number of fused-ring (bicyclic) bond motifs is 1. The normalized spacial score (nSPS) is 15.7. The number of halogens is 1. The molecule has 1 aromatic heterocycles. The minimum atomic E-state index is -0.663. The Balaban J connectivity index is 1.54. The van der Waals surface area contributed by atoms with Gasteiger partial charge in [-0.3, -0.25) is 14.3 Å². The summed E-state index contributed by atoms with van der Waals surface area (Å²) >= 11 is 0. The van der Waals surface area contributed by atoms with E-state index in [1.165, 1.54) is 12.1 Å². The zero-order chi connectivity index (χ0) is 18.8. The largest absolute Gasteiger partial charge is 0.326 e. The minimum absolute atomic E-state index is 0.0252. The predicted octanol–water partition coefficient (Wildman–Crippen LogP) is 3.14. The summed E-state index contributed by atoms with van der Waals surface area (Å²) in [6.07, 6.45) is 3.60. The molecule has 2 N–H and O–H groups in total. The van der Waals surface area contributed by atoms with Gasteiger partial charge in [0, 0.05) is 30.2 Å². The van der Waals surface area contributed by atoms with Gasteiger partial charge >= 0.3 is 0 Å². The molecule has 1 unspecified atom stereocenters. The van der Waals surface area contributed by atoms with Crippen LogP contribution >= 0.6 is 0 Å². The lowest BCUT2D eigenvalue weighted by molar-refractivity contribution is -0.123. The number of carbonyl (C=O) groups is 2. The first-order chi connectivity index (χ1) is 13.1. The molecule has 136 valence electrons. The fraction of sp³-hybridized carbons (Fsp3) is 0.150. The van der Waals surface area contributed by atoms with Crippen molar-refractivity contribution in [1.29, 1.82) is 0 Å². The van der Waals surface area contributed by atoms with Crippen LogP contribution in [0.2, 0.25) is 0 Å². The van der Waals surface area contributed by atoms with Crippen molar-refractivity contribution in [1.82, 2.24) is 9.78 Å². The van der Waals surface area contributed by atoms with Crippen LogP contribution < -0.4 is 10.6 Å². The van der Waals surface area contributed by atoms with Gasteiger partial charge in [-0.05, 0) is 41.5 Å². The Bertz CT molecular complexity index is 1000. The third kappa shape index (κ3) is 3.72. The molecular formula is C20H17FN4O2. The van der Waals surface area contributed by atoms with Crippen molar-refractivity contribution < 1.29 is 14.0 Å². The topological polar surface area (TPSA) is 76.0 Å². The van der Waals surface area contributed by atoms with Crippen LogP contribution in [-0.4, -0.2) is 21.6 Å². The second-order valence-corrected chi connectivity index (χ2v) is 6.43. The minimum Gasteiger partial charge on any atom is -0.326 e. The first-order valence-electron chi connectivity index (χ1n) is 8.55. The number of anilines is 2. The van der Waals surface area contributed by atoms with E-state index in [0.29, 0.717) is 23.5 Å². The Morgan fingerprint density at radius 1 is 1.26 bits per heavy atom. The molecule has 2 amide bonds. The average Bonchev–Trinajstić information content (AvgIpc) is 3.14. The molecule has 27 heavy (non-hydrogen) atoms. The number of nitrogens with one attached hydrogen (secondary N) is 2. The summed E-state index contributed by atoms with van der Waals surface area (Å²) < 4.78 is 15.2. The van der Waals surface area contributed by atoms with Gasteiger partial charge in [-0.25, -0.2) is 4.39 Å². The van der Waals surface area contributed by atoms with Crippen LogP contribution in [0.4, 0.5) is 15.8 Å². The Morgan fingerprint density at radius 2 is 2.15 bits per heavy atom. The van der Waals surface area contributed by atoms with Gasteiger partial charge in [0.25, 0.3) is 0 Å². The number of aromatic nitrogens is 2. The maximum atomic E-state index is 13.4. The molecular weight excluding hydrogens is 347 g/mol. The van der Waals surface area contributed by atoms with Gasteiger partial charge in [0.15, 0.2) is 0 Å². The molecule has 6 nitrogen and oxygen atoms in total. The second-order valence-electron chi connectivity index (χ2n) is 6.43. The Kier molecular flexibility index (Phi) is 4.42. The van der Waals surface area contributed by atoms with Crippen LogP contribution in [0.25, 0.3) is 0 Å². The molecule has 2 heterocycles. The van der Waals surface area contributed by atoms with Crippen molar-refractivity contribution in [2.45, 2.75) is 18.9 Å². The van der Waals surface area contributed by atoms with E-state index in [4.69, 9.17) is 0 Å². The van der Waals surface area contributed by atoms with Crippen LogP contribution in [-0.2, 0) is 16.1 Å². The smallest absolute Gasteiger partial charge is 0.232 e. The summed E-state index contributed by atoms with van der Waals surface area (Å²) in [4.78, 5) is 24.7. The number of amides is 2. The number of benzene rings is 2. The van der Waals surface area contributed by atoms with Crippen LogP contribution in [0.5, 0.6) is 0 Å². The first kappa shape index (κ1) is 17.0. The average molecular weight is 364 g/mol. The quantitative estimate of drug-likeness (QED) is 0.747. The highest BCUT2D eigenvalue weighted by molar-refractivity contribution is 6.05. The van der Waals surface area contributed by atoms with Gasteiger partial charge < -0.3 is 10.6 Å². The third-order valence-electron chi connectivity index (χ3n) is 4.47. The highest BCUT2D eigenvalue weighted by Gasteiger charge is 2.31. The molecule has 0 saturated carbocycles. The van der Waals surface area contributed by atoms with Gasteiger partial charge in [-0.15, -0.1) is 0 Å². The summed E-state index contributed by atoms with van der Waals surface area (Å²) in [5.41, 5.74) is 2.58. The van der Waals surface area contributed by atoms with Crippen LogP contribution in [0, 0.1) is 5.82 Å². The van der Waals surface area contributed by atoms with E-state index in [2.05, 4.69) is 15.7 Å². The molecule has 4 rings (SSSR count). The van der Waals surface area contributed by atoms with Crippen molar-refractivity contribution in [2.24, 2.45) is 0 Å². The van der Waals surface area contributed by atoms with Crippen LogP contribution in [0.15, 0.2) is 60.9 Å². The Labute approximate surface area is 155 Å². The summed E-state index contributed by atoms with van der Waals surface area (Å²) in [6, 6.07) is 13.4. The standard InChI is InChI=1S/C20H17FN4O2/c21-14-5-6-16-17(11-19(26)24-18(16)10-14)20(27)23-15-4-1-3-13(9-15)12-25-8-2-7-22-25/h1-10,17H,11-12H2,(H,23,27)(H,24,26). The monoisotopic (exact) mass is 364 g/mol. The van der Waals surface area contributed by atoms with Gasteiger partial charge in [-0.2, -0.15) is 5.10 Å². The summed E-state index contributed by atoms with van der Waals surface area (Å²) in [5.74, 6) is -1.72. The Hall–Kier alpha value is -3.48. The van der Waals surface area contributed by atoms with Crippen molar-refractivity contribution in [3.63, 3.8) is 0 Å². The molecule has 0 bridgehead atoms. The molecule has 3 aromatic rings. The molecule has 2 aromatic carbocycles. The van der Waals surface area contributed by atoms with E-state index in [-0.39, 0.29) is 18.2 Å². The van der Waals surface area contributed by atoms with E-state index in [9.17, 15) is 14.0 Å². The van der Waals surface area contributed by atoms with Gasteiger partial charge in [0.05, 0.1) is 12.5 Å². The van der Waals surface area contributed by atoms with Crippen molar-refractivity contribution in [3.8, 4) is 0 Å². The predicted molar refractivity (Wildman–Crippen MR) is 98.8 cm³/mol. The zero-order valence-corrected chi connectivity index (χ0v) is 14.4. The summed E-state index contributed by atoms with van der Waals surface area (Å²) in [5, 5.41) is 9.65. The molecule has 0 aliphatic carbocycles. The van der Waals surface area contributed by atoms with Crippen molar-refractivity contribution in [2.75, 3.05) is 10.6 Å². The number of hydrogen-bond acceptors (Lipinski definition) is 3. The molecule has 0 spiro atoms. The molecule has 1 aliphatic rings. The molecule has 0 saturated heterocycles. The second kappa shape index (κ2) is 7.03. The van der Waals surface area contributed by atoms with E-state index in [1.807, 2.05) is 30.5 Å². The third-order valence-corrected chi connectivity index (χ3v) is 4.47. The van der Waals surface area contributed by atoms with Crippen molar-refractivity contribution in [3.05, 3.63) is 77.9 Å².